The fourth-order valence-electron chi connectivity index (χ4n) is 2.40. The van der Waals surface area contributed by atoms with Gasteiger partial charge in [0.2, 0.25) is 11.8 Å². The molecule has 3 N–H and O–H groups in total. The Balaban J connectivity index is 1.93. The minimum absolute atomic E-state index is 0.171. The Morgan fingerprint density at radius 2 is 2.00 bits per heavy atom. The minimum atomic E-state index is -0.464. The van der Waals surface area contributed by atoms with Crippen molar-refractivity contribution in [2.45, 2.75) is 44.8 Å². The van der Waals surface area contributed by atoms with Gasteiger partial charge in [-0.15, -0.1) is 10.2 Å². The number of aromatic nitrogens is 3. The van der Waals surface area contributed by atoms with Crippen LogP contribution in [0.25, 0.3) is 0 Å². The Labute approximate surface area is 161 Å². The second-order valence-electron chi connectivity index (χ2n) is 6.50. The summed E-state index contributed by atoms with van der Waals surface area (Å²) >= 11 is 1.41. The number of anilines is 1. The zero-order valence-corrected chi connectivity index (χ0v) is 16.3. The summed E-state index contributed by atoms with van der Waals surface area (Å²) in [4.78, 5) is 23.0. The fourth-order valence-corrected chi connectivity index (χ4v) is 3.31. The zero-order chi connectivity index (χ0) is 19.8. The van der Waals surface area contributed by atoms with Gasteiger partial charge in [-0.2, -0.15) is 0 Å². The van der Waals surface area contributed by atoms with Gasteiger partial charge in [-0.25, -0.2) is 4.39 Å². The molecule has 1 aromatic heterocycles. The van der Waals surface area contributed by atoms with Crippen LogP contribution in [0.1, 0.15) is 32.5 Å². The van der Waals surface area contributed by atoms with Crippen molar-refractivity contribution in [3.8, 4) is 0 Å². The number of nitrogens with two attached hydrogens (primary N) is 1. The molecular weight excluding hydrogens is 369 g/mol. The van der Waals surface area contributed by atoms with E-state index in [1.54, 1.807) is 12.1 Å². The second kappa shape index (κ2) is 10.1. The van der Waals surface area contributed by atoms with Gasteiger partial charge in [-0.1, -0.05) is 37.7 Å². The number of rotatable bonds is 10. The molecule has 146 valence electrons. The fraction of sp³-hybridized carbons (Fsp3) is 0.444. The van der Waals surface area contributed by atoms with Crippen molar-refractivity contribution in [1.29, 1.82) is 0 Å². The molecule has 1 heterocycles. The number of aryl methyl sites for hydroxylation is 1. The van der Waals surface area contributed by atoms with Gasteiger partial charge in [-0.05, 0) is 18.1 Å². The second-order valence-corrected chi connectivity index (χ2v) is 7.56. The first kappa shape index (κ1) is 20.9. The van der Waals surface area contributed by atoms with Gasteiger partial charge in [0.05, 0.1) is 5.69 Å². The predicted molar refractivity (Wildman–Crippen MR) is 103 cm³/mol. The molecule has 0 aliphatic carbocycles. The number of amides is 2. The van der Waals surface area contributed by atoms with E-state index >= 15 is 0 Å². The molecule has 7 nitrogen and oxygen atoms in total. The first-order valence-electron chi connectivity index (χ1n) is 8.74. The van der Waals surface area contributed by atoms with E-state index in [0.717, 1.165) is 0 Å². The van der Waals surface area contributed by atoms with Gasteiger partial charge in [0.1, 0.15) is 11.6 Å². The lowest BCUT2D eigenvalue weighted by atomic mass is 10.2. The summed E-state index contributed by atoms with van der Waals surface area (Å²) in [6.45, 7) is 4.87. The van der Waals surface area contributed by atoms with Crippen molar-refractivity contribution in [3.05, 3.63) is 35.9 Å². The molecular formula is C18H24FN5O2S. The number of hydrogen-bond acceptors (Lipinski definition) is 5. The molecule has 2 aromatic rings. The van der Waals surface area contributed by atoms with Gasteiger partial charge in [0, 0.05) is 31.6 Å². The maximum Gasteiger partial charge on any atom is 0.225 e. The summed E-state index contributed by atoms with van der Waals surface area (Å²) in [5.74, 6) is 0.448. The Bertz CT molecular complexity index is 794. The Hall–Kier alpha value is -2.42. The van der Waals surface area contributed by atoms with Crippen LogP contribution in [0.2, 0.25) is 0 Å². The summed E-state index contributed by atoms with van der Waals surface area (Å²) in [7, 11) is 0. The van der Waals surface area contributed by atoms with Gasteiger partial charge in [-0.3, -0.25) is 9.59 Å². The van der Waals surface area contributed by atoms with Crippen LogP contribution >= 0.6 is 11.8 Å². The molecule has 9 heteroatoms. The highest BCUT2D eigenvalue weighted by Gasteiger charge is 2.15. The van der Waals surface area contributed by atoms with E-state index in [9.17, 15) is 14.0 Å². The minimum Gasteiger partial charge on any atom is -0.370 e. The van der Waals surface area contributed by atoms with E-state index in [2.05, 4.69) is 29.4 Å². The first-order valence-corrected chi connectivity index (χ1v) is 9.73. The van der Waals surface area contributed by atoms with Crippen molar-refractivity contribution in [2.24, 2.45) is 11.7 Å². The highest BCUT2D eigenvalue weighted by atomic mass is 32.2. The average Bonchev–Trinajstić information content (AvgIpc) is 2.96. The highest BCUT2D eigenvalue weighted by Crippen LogP contribution is 2.21. The summed E-state index contributed by atoms with van der Waals surface area (Å²) in [5, 5.41) is 11.6. The molecule has 0 bridgehead atoms. The Morgan fingerprint density at radius 1 is 1.26 bits per heavy atom. The lowest BCUT2D eigenvalue weighted by molar-refractivity contribution is -0.118. The van der Waals surface area contributed by atoms with Gasteiger partial charge < -0.3 is 15.6 Å². The van der Waals surface area contributed by atoms with Crippen molar-refractivity contribution >= 4 is 29.3 Å². The molecule has 0 unspecified atom stereocenters. The molecule has 0 fully saturated rings. The van der Waals surface area contributed by atoms with Crippen molar-refractivity contribution in [1.82, 2.24) is 14.8 Å². The lowest BCUT2D eigenvalue weighted by Gasteiger charge is -2.12. The van der Waals surface area contributed by atoms with Crippen LogP contribution < -0.4 is 11.1 Å². The molecule has 0 saturated carbocycles. The number of nitrogens with zero attached hydrogens (tertiary/aromatic N) is 3. The zero-order valence-electron chi connectivity index (χ0n) is 15.4. The molecule has 27 heavy (non-hydrogen) atoms. The maximum absolute atomic E-state index is 13.6. The van der Waals surface area contributed by atoms with Crippen molar-refractivity contribution < 1.29 is 14.0 Å². The summed E-state index contributed by atoms with van der Waals surface area (Å²) in [5.41, 5.74) is 5.38. The van der Waals surface area contributed by atoms with Crippen LogP contribution in [0.4, 0.5) is 10.1 Å². The van der Waals surface area contributed by atoms with E-state index < -0.39 is 5.82 Å². The van der Waals surface area contributed by atoms with Gasteiger partial charge >= 0.3 is 0 Å². The summed E-state index contributed by atoms with van der Waals surface area (Å²) < 4.78 is 15.5. The van der Waals surface area contributed by atoms with Gasteiger partial charge in [0.25, 0.3) is 0 Å². The first-order chi connectivity index (χ1) is 12.9. The number of hydrogen-bond donors (Lipinski definition) is 2. The smallest absolute Gasteiger partial charge is 0.225 e. The lowest BCUT2D eigenvalue weighted by Crippen LogP contribution is -2.15. The number of halogens is 1. The van der Waals surface area contributed by atoms with Crippen LogP contribution in [-0.4, -0.2) is 32.3 Å². The summed E-state index contributed by atoms with van der Waals surface area (Å²) in [6, 6.07) is 6.05. The van der Waals surface area contributed by atoms with E-state index in [1.807, 2.05) is 4.57 Å². The van der Waals surface area contributed by atoms with Crippen LogP contribution in [0, 0.1) is 11.7 Å². The predicted octanol–water partition coefficient (Wildman–Crippen LogP) is 2.61. The molecule has 2 amide bonds. The molecule has 0 aliphatic heterocycles. The Kier molecular flexibility index (Phi) is 7.78. The topological polar surface area (TPSA) is 103 Å². The van der Waals surface area contributed by atoms with E-state index in [1.165, 1.54) is 23.9 Å². The molecule has 0 radical (unpaired) electrons. The number of primary amides is 1. The number of nitrogens with one attached hydrogen (secondary N) is 1. The molecule has 0 atom stereocenters. The SMILES string of the molecule is CC(C)Cn1c(CCC(N)=O)nnc1SCCC(=O)Nc1ccccc1F. The number of carbonyl (C=O) groups is 2. The summed E-state index contributed by atoms with van der Waals surface area (Å²) in [6.07, 6.45) is 0.861. The third-order valence-electron chi connectivity index (χ3n) is 3.64. The number of benzene rings is 1. The number of thioether (sulfide) groups is 1. The van der Waals surface area contributed by atoms with Gasteiger partial charge in [0.15, 0.2) is 5.16 Å². The third kappa shape index (κ3) is 6.67. The third-order valence-corrected chi connectivity index (χ3v) is 4.61. The Morgan fingerprint density at radius 3 is 2.67 bits per heavy atom. The van der Waals surface area contributed by atoms with E-state index in [4.69, 9.17) is 5.73 Å². The number of carbonyl (C=O) groups excluding carboxylic acids is 2. The standard InChI is InChI=1S/C18H24FN5O2S/c1-12(2)11-24-16(8-7-15(20)25)22-23-18(24)27-10-9-17(26)21-14-6-4-3-5-13(14)19/h3-6,12H,7-11H2,1-2H3,(H2,20,25)(H,21,26). The number of para-hydroxylation sites is 1. The van der Waals surface area contributed by atoms with Crippen LogP contribution in [-0.2, 0) is 22.6 Å². The normalized spacial score (nSPS) is 11.0. The molecule has 2 rings (SSSR count). The average molecular weight is 393 g/mol. The van der Waals surface area contributed by atoms with E-state index in [0.29, 0.717) is 35.6 Å². The largest absolute Gasteiger partial charge is 0.370 e. The highest BCUT2D eigenvalue weighted by molar-refractivity contribution is 7.99. The quantitative estimate of drug-likeness (QED) is 0.604. The van der Waals surface area contributed by atoms with Crippen molar-refractivity contribution in [2.75, 3.05) is 11.1 Å². The molecule has 0 spiro atoms. The van der Waals surface area contributed by atoms with Crippen LogP contribution in [0.5, 0.6) is 0 Å². The van der Waals surface area contributed by atoms with Crippen LogP contribution in [0.15, 0.2) is 29.4 Å². The monoisotopic (exact) mass is 393 g/mol. The van der Waals surface area contributed by atoms with Crippen LogP contribution in [0.3, 0.4) is 0 Å². The molecule has 0 aliphatic rings. The molecule has 0 saturated heterocycles. The maximum atomic E-state index is 13.6. The van der Waals surface area contributed by atoms with Crippen molar-refractivity contribution in [3.63, 3.8) is 0 Å². The molecule has 1 aromatic carbocycles. The van der Waals surface area contributed by atoms with E-state index in [-0.39, 0.29) is 30.3 Å².